The van der Waals surface area contributed by atoms with Gasteiger partial charge in [-0.15, -0.1) is 0 Å². The van der Waals surface area contributed by atoms with Crippen LogP contribution in [0.25, 0.3) is 0 Å². The molecule has 0 atom stereocenters. The molecule has 0 aromatic carbocycles. The molecule has 0 bridgehead atoms. The fourth-order valence-corrected chi connectivity index (χ4v) is 2.13. The van der Waals surface area contributed by atoms with Crippen LogP contribution >= 0.6 is 0 Å². The molecule has 0 fully saturated rings. The highest BCUT2D eigenvalue weighted by molar-refractivity contribution is 7.89. The van der Waals surface area contributed by atoms with Gasteiger partial charge in [-0.25, -0.2) is 18.1 Å². The Hall–Kier alpha value is -1.22. The fourth-order valence-electron chi connectivity index (χ4n) is 0.970. The van der Waals surface area contributed by atoms with Gasteiger partial charge in [0.05, 0.1) is 19.3 Å². The zero-order chi connectivity index (χ0) is 12.2. The molecular weight excluding hydrogens is 234 g/mol. The Morgan fingerprint density at radius 1 is 1.38 bits per heavy atom. The summed E-state index contributed by atoms with van der Waals surface area (Å²) in [5.41, 5.74) is 5.32. The molecule has 0 saturated carbocycles. The molecule has 1 aromatic heterocycles. The van der Waals surface area contributed by atoms with Crippen molar-refractivity contribution < 1.29 is 18.6 Å². The van der Waals surface area contributed by atoms with Crippen LogP contribution in [-0.4, -0.2) is 42.9 Å². The molecule has 0 unspecified atom stereocenters. The van der Waals surface area contributed by atoms with Gasteiger partial charge in [0.2, 0.25) is 10.0 Å². The Balaban J connectivity index is 2.89. The first-order valence-corrected chi connectivity index (χ1v) is 5.93. The van der Waals surface area contributed by atoms with Crippen molar-refractivity contribution in [3.63, 3.8) is 0 Å². The number of hydrogen-bond donors (Lipinski definition) is 4. The molecule has 8 heteroatoms. The first kappa shape index (κ1) is 12.8. The molecule has 1 rings (SSSR count). The minimum Gasteiger partial charge on any atom is -0.395 e. The SMILES string of the molecule is Nc1ccc(S(=O)(=O)NC(CO)CO)cn1. The average Bonchev–Trinajstić information content (AvgIpc) is 2.26. The zero-order valence-corrected chi connectivity index (χ0v) is 9.18. The van der Waals surface area contributed by atoms with Gasteiger partial charge in [0.1, 0.15) is 10.7 Å². The number of aliphatic hydroxyl groups is 2. The van der Waals surface area contributed by atoms with Crippen molar-refractivity contribution in [3.8, 4) is 0 Å². The maximum Gasteiger partial charge on any atom is 0.242 e. The van der Waals surface area contributed by atoms with E-state index >= 15 is 0 Å². The minimum absolute atomic E-state index is 0.0754. The molecular formula is C8H13N3O4S. The van der Waals surface area contributed by atoms with Crippen molar-refractivity contribution in [1.82, 2.24) is 9.71 Å². The van der Waals surface area contributed by atoms with Crippen LogP contribution < -0.4 is 10.5 Å². The van der Waals surface area contributed by atoms with Gasteiger partial charge in [0.15, 0.2) is 0 Å². The van der Waals surface area contributed by atoms with E-state index in [1.165, 1.54) is 12.1 Å². The van der Waals surface area contributed by atoms with Gasteiger partial charge in [-0.3, -0.25) is 0 Å². The molecule has 0 amide bonds. The molecule has 0 aliphatic heterocycles. The number of rotatable bonds is 5. The Morgan fingerprint density at radius 3 is 2.44 bits per heavy atom. The van der Waals surface area contributed by atoms with E-state index in [2.05, 4.69) is 9.71 Å². The molecule has 0 saturated heterocycles. The lowest BCUT2D eigenvalue weighted by Gasteiger charge is -2.13. The minimum atomic E-state index is -3.79. The van der Waals surface area contributed by atoms with E-state index in [-0.39, 0.29) is 10.7 Å². The van der Waals surface area contributed by atoms with Gasteiger partial charge < -0.3 is 15.9 Å². The lowest BCUT2D eigenvalue weighted by atomic mass is 10.4. The van der Waals surface area contributed by atoms with Crippen LogP contribution in [0.1, 0.15) is 0 Å². The number of aromatic nitrogens is 1. The number of pyridine rings is 1. The summed E-state index contributed by atoms with van der Waals surface area (Å²) >= 11 is 0. The topological polar surface area (TPSA) is 126 Å². The van der Waals surface area contributed by atoms with Crippen LogP contribution in [0.15, 0.2) is 23.2 Å². The van der Waals surface area contributed by atoms with Gasteiger partial charge in [0.25, 0.3) is 0 Å². The van der Waals surface area contributed by atoms with E-state index < -0.39 is 29.3 Å². The Morgan fingerprint density at radius 2 is 2.00 bits per heavy atom. The second kappa shape index (κ2) is 5.21. The van der Waals surface area contributed by atoms with Gasteiger partial charge >= 0.3 is 0 Å². The summed E-state index contributed by atoms with van der Waals surface area (Å²) in [6, 6.07) is 1.71. The molecule has 1 heterocycles. The number of nitrogen functional groups attached to an aromatic ring is 1. The molecule has 5 N–H and O–H groups in total. The van der Waals surface area contributed by atoms with Crippen molar-refractivity contribution in [2.45, 2.75) is 10.9 Å². The van der Waals surface area contributed by atoms with E-state index in [0.29, 0.717) is 0 Å². The van der Waals surface area contributed by atoms with E-state index in [1.54, 1.807) is 0 Å². The van der Waals surface area contributed by atoms with Crippen molar-refractivity contribution in [1.29, 1.82) is 0 Å². The van der Waals surface area contributed by atoms with Crippen LogP contribution in [-0.2, 0) is 10.0 Å². The lowest BCUT2D eigenvalue weighted by molar-refractivity contribution is 0.185. The smallest absolute Gasteiger partial charge is 0.242 e. The number of anilines is 1. The van der Waals surface area contributed by atoms with Gasteiger partial charge in [-0.2, -0.15) is 0 Å². The predicted octanol–water partition coefficient (Wildman–Crippen LogP) is -1.70. The van der Waals surface area contributed by atoms with Crippen molar-refractivity contribution in [3.05, 3.63) is 18.3 Å². The van der Waals surface area contributed by atoms with Crippen LogP contribution in [0.4, 0.5) is 5.82 Å². The summed E-state index contributed by atoms with van der Waals surface area (Å²) in [6.45, 7) is -0.976. The number of nitrogens with zero attached hydrogens (tertiary/aromatic N) is 1. The maximum absolute atomic E-state index is 11.7. The van der Waals surface area contributed by atoms with E-state index in [1.807, 2.05) is 0 Å². The van der Waals surface area contributed by atoms with Gasteiger partial charge in [0, 0.05) is 6.20 Å². The molecule has 0 spiro atoms. The number of aliphatic hydroxyl groups excluding tert-OH is 2. The summed E-state index contributed by atoms with van der Waals surface area (Å²) in [4.78, 5) is 3.56. The molecule has 0 aliphatic rings. The second-order valence-corrected chi connectivity index (χ2v) is 4.82. The van der Waals surface area contributed by atoms with Crippen LogP contribution in [0, 0.1) is 0 Å². The van der Waals surface area contributed by atoms with Gasteiger partial charge in [-0.05, 0) is 12.1 Å². The Labute approximate surface area is 93.0 Å². The highest BCUT2D eigenvalue weighted by atomic mass is 32.2. The van der Waals surface area contributed by atoms with E-state index in [0.717, 1.165) is 6.20 Å². The summed E-state index contributed by atoms with van der Waals surface area (Å²) in [5, 5.41) is 17.5. The fraction of sp³-hybridized carbons (Fsp3) is 0.375. The third-order valence-corrected chi connectivity index (χ3v) is 3.34. The number of nitrogens with one attached hydrogen (secondary N) is 1. The average molecular weight is 247 g/mol. The molecule has 90 valence electrons. The molecule has 0 aliphatic carbocycles. The maximum atomic E-state index is 11.7. The summed E-state index contributed by atoms with van der Waals surface area (Å²) < 4.78 is 25.4. The van der Waals surface area contributed by atoms with Crippen molar-refractivity contribution in [2.24, 2.45) is 0 Å². The summed E-state index contributed by atoms with van der Waals surface area (Å²) in [6.07, 6.45) is 1.10. The molecule has 1 aromatic rings. The standard InChI is InChI=1S/C8H13N3O4S/c9-8-2-1-7(3-10-8)16(14,15)11-6(4-12)5-13/h1-3,6,11-13H,4-5H2,(H2,9,10). The zero-order valence-electron chi connectivity index (χ0n) is 8.37. The van der Waals surface area contributed by atoms with Crippen LogP contribution in [0.2, 0.25) is 0 Å². The second-order valence-electron chi connectivity index (χ2n) is 3.10. The third-order valence-electron chi connectivity index (χ3n) is 1.83. The van der Waals surface area contributed by atoms with Crippen LogP contribution in [0.3, 0.4) is 0 Å². The Kier molecular flexibility index (Phi) is 4.19. The Bertz CT molecular complexity index is 427. The van der Waals surface area contributed by atoms with Crippen molar-refractivity contribution >= 4 is 15.8 Å². The van der Waals surface area contributed by atoms with Crippen molar-refractivity contribution in [2.75, 3.05) is 18.9 Å². The lowest BCUT2D eigenvalue weighted by Crippen LogP contribution is -2.40. The first-order chi connectivity index (χ1) is 7.49. The summed E-state index contributed by atoms with van der Waals surface area (Å²) in [7, 11) is -3.79. The number of nitrogens with two attached hydrogens (primary N) is 1. The molecule has 16 heavy (non-hydrogen) atoms. The summed E-state index contributed by atoms with van der Waals surface area (Å²) in [5.74, 6) is 0.208. The van der Waals surface area contributed by atoms with Crippen LogP contribution in [0.5, 0.6) is 0 Å². The largest absolute Gasteiger partial charge is 0.395 e. The predicted molar refractivity (Wildman–Crippen MR) is 56.9 cm³/mol. The normalized spacial score (nSPS) is 11.9. The number of sulfonamides is 1. The highest BCUT2D eigenvalue weighted by Gasteiger charge is 2.19. The molecule has 7 nitrogen and oxygen atoms in total. The third kappa shape index (κ3) is 3.14. The highest BCUT2D eigenvalue weighted by Crippen LogP contribution is 2.08. The van der Waals surface area contributed by atoms with E-state index in [4.69, 9.17) is 15.9 Å². The van der Waals surface area contributed by atoms with Gasteiger partial charge in [-0.1, -0.05) is 0 Å². The quantitative estimate of drug-likeness (QED) is 0.491. The van der Waals surface area contributed by atoms with E-state index in [9.17, 15) is 8.42 Å². The number of hydrogen-bond acceptors (Lipinski definition) is 6. The monoisotopic (exact) mass is 247 g/mol. The first-order valence-electron chi connectivity index (χ1n) is 4.45. The molecule has 0 radical (unpaired) electrons.